The van der Waals surface area contributed by atoms with Crippen molar-refractivity contribution in [1.82, 2.24) is 4.90 Å². The van der Waals surface area contributed by atoms with Gasteiger partial charge in [-0.1, -0.05) is 24.6 Å². The quantitative estimate of drug-likeness (QED) is 0.697. The molecule has 0 aliphatic heterocycles. The number of nitrogens with one attached hydrogen (secondary N) is 1. The number of carbonyl (C=O) groups is 1. The van der Waals surface area contributed by atoms with Gasteiger partial charge in [-0.3, -0.25) is 9.69 Å². The molecule has 0 aliphatic rings. The van der Waals surface area contributed by atoms with Gasteiger partial charge in [0.15, 0.2) is 21.4 Å². The zero-order valence-electron chi connectivity index (χ0n) is 15.8. The molecule has 0 radical (unpaired) electrons. The van der Waals surface area contributed by atoms with Crippen molar-refractivity contribution < 1.29 is 22.3 Å². The van der Waals surface area contributed by atoms with Gasteiger partial charge in [0.25, 0.3) is 0 Å². The summed E-state index contributed by atoms with van der Waals surface area (Å²) in [6.07, 6.45) is 1.08. The number of ether oxygens (including phenoxy) is 1. The van der Waals surface area contributed by atoms with Crippen molar-refractivity contribution in [2.45, 2.75) is 18.4 Å². The average molecular weight is 429 g/mol. The van der Waals surface area contributed by atoms with Crippen LogP contribution in [-0.2, 0) is 21.2 Å². The first-order valence-electron chi connectivity index (χ1n) is 8.48. The first kappa shape index (κ1) is 22.1. The molecule has 0 saturated carbocycles. The third-order valence-corrected chi connectivity index (χ3v) is 5.52. The van der Waals surface area contributed by atoms with Crippen molar-refractivity contribution in [3.63, 3.8) is 0 Å². The molecule has 9 heteroatoms. The Labute approximate surface area is 169 Å². The van der Waals surface area contributed by atoms with Crippen LogP contribution >= 0.6 is 11.6 Å². The molecule has 1 N–H and O–H groups in total. The Morgan fingerprint density at radius 2 is 1.96 bits per heavy atom. The van der Waals surface area contributed by atoms with Crippen LogP contribution in [0.5, 0.6) is 5.75 Å². The minimum Gasteiger partial charge on any atom is -0.494 e. The minimum absolute atomic E-state index is 0.0313. The first-order chi connectivity index (χ1) is 13.1. The van der Waals surface area contributed by atoms with Crippen LogP contribution in [0.1, 0.15) is 12.5 Å². The van der Waals surface area contributed by atoms with Gasteiger partial charge in [-0.05, 0) is 42.4 Å². The second-order valence-corrected chi connectivity index (χ2v) is 8.66. The number of anilines is 1. The van der Waals surface area contributed by atoms with E-state index in [4.69, 9.17) is 16.3 Å². The predicted molar refractivity (Wildman–Crippen MR) is 107 cm³/mol. The molecule has 0 saturated heterocycles. The summed E-state index contributed by atoms with van der Waals surface area (Å²) in [6, 6.07) is 8.76. The molecule has 6 nitrogen and oxygen atoms in total. The topological polar surface area (TPSA) is 75.7 Å². The second kappa shape index (κ2) is 9.36. The van der Waals surface area contributed by atoms with E-state index in [1.165, 1.54) is 37.4 Å². The first-order valence-corrected chi connectivity index (χ1v) is 10.7. The molecule has 0 spiro atoms. The molecule has 0 atom stereocenters. The highest BCUT2D eigenvalue weighted by atomic mass is 35.5. The monoisotopic (exact) mass is 428 g/mol. The SMILES string of the molecule is CCN(CC(=O)Nc1cc(S(C)(=O)=O)ccc1Cl)Cc1ccc(OC)c(F)c1. The van der Waals surface area contributed by atoms with Gasteiger partial charge in [0.2, 0.25) is 5.91 Å². The van der Waals surface area contributed by atoms with Crippen molar-refractivity contribution in [3.8, 4) is 5.75 Å². The molecule has 0 heterocycles. The summed E-state index contributed by atoms with van der Waals surface area (Å²) in [4.78, 5) is 14.3. The zero-order chi connectivity index (χ0) is 20.9. The number of hydrogen-bond acceptors (Lipinski definition) is 5. The van der Waals surface area contributed by atoms with Crippen LogP contribution in [0.4, 0.5) is 10.1 Å². The van der Waals surface area contributed by atoms with Crippen LogP contribution in [0.2, 0.25) is 5.02 Å². The van der Waals surface area contributed by atoms with Crippen molar-refractivity contribution in [2.75, 3.05) is 31.8 Å². The van der Waals surface area contributed by atoms with Gasteiger partial charge >= 0.3 is 0 Å². The highest BCUT2D eigenvalue weighted by Crippen LogP contribution is 2.25. The van der Waals surface area contributed by atoms with Gasteiger partial charge < -0.3 is 10.1 Å². The van der Waals surface area contributed by atoms with E-state index < -0.39 is 15.7 Å². The van der Waals surface area contributed by atoms with Crippen LogP contribution in [0.3, 0.4) is 0 Å². The Balaban J connectivity index is 2.07. The van der Waals surface area contributed by atoms with Crippen molar-refractivity contribution >= 4 is 33.0 Å². The van der Waals surface area contributed by atoms with Crippen LogP contribution in [0.25, 0.3) is 0 Å². The summed E-state index contributed by atoms with van der Waals surface area (Å²) in [5.74, 6) is -0.668. The van der Waals surface area contributed by atoms with E-state index in [2.05, 4.69) is 5.32 Å². The lowest BCUT2D eigenvalue weighted by atomic mass is 10.2. The molecule has 0 aliphatic carbocycles. The van der Waals surface area contributed by atoms with Crippen molar-refractivity contribution in [3.05, 3.63) is 52.8 Å². The molecule has 2 aromatic rings. The van der Waals surface area contributed by atoms with E-state index in [-0.39, 0.29) is 33.8 Å². The molecule has 1 amide bonds. The summed E-state index contributed by atoms with van der Waals surface area (Å²) < 4.78 is 42.1. The Bertz CT molecular complexity index is 966. The number of nitrogens with zero attached hydrogens (tertiary/aromatic N) is 1. The molecule has 28 heavy (non-hydrogen) atoms. The van der Waals surface area contributed by atoms with E-state index in [0.29, 0.717) is 18.7 Å². The number of amides is 1. The van der Waals surface area contributed by atoms with Gasteiger partial charge in [-0.15, -0.1) is 0 Å². The largest absolute Gasteiger partial charge is 0.494 e. The Kier molecular flexibility index (Phi) is 7.40. The van der Waals surface area contributed by atoms with Gasteiger partial charge in [-0.25, -0.2) is 12.8 Å². The number of carbonyl (C=O) groups excluding carboxylic acids is 1. The number of methoxy groups -OCH3 is 1. The normalized spacial score (nSPS) is 11.5. The number of benzene rings is 2. The van der Waals surface area contributed by atoms with Crippen LogP contribution in [-0.4, -0.2) is 45.7 Å². The average Bonchev–Trinajstić information content (AvgIpc) is 2.62. The van der Waals surface area contributed by atoms with Gasteiger partial charge in [0.1, 0.15) is 0 Å². The van der Waals surface area contributed by atoms with Crippen molar-refractivity contribution in [2.24, 2.45) is 0 Å². The smallest absolute Gasteiger partial charge is 0.238 e. The highest BCUT2D eigenvalue weighted by molar-refractivity contribution is 7.90. The third kappa shape index (κ3) is 5.92. The summed E-state index contributed by atoms with van der Waals surface area (Å²) >= 11 is 6.06. The lowest BCUT2D eigenvalue weighted by Crippen LogP contribution is -2.32. The standard InChI is InChI=1S/C19H22ClFN2O4S/c1-4-23(11-13-5-8-18(27-2)16(21)9-13)12-19(24)22-17-10-14(28(3,25)26)6-7-15(17)20/h5-10H,4,11-12H2,1-3H3,(H,22,24). The minimum atomic E-state index is -3.42. The zero-order valence-corrected chi connectivity index (χ0v) is 17.4. The maximum Gasteiger partial charge on any atom is 0.238 e. The van der Waals surface area contributed by atoms with E-state index in [1.807, 2.05) is 11.8 Å². The number of halogens is 2. The fourth-order valence-electron chi connectivity index (χ4n) is 2.57. The number of sulfone groups is 1. The predicted octanol–water partition coefficient (Wildman–Crippen LogP) is 3.35. The summed E-state index contributed by atoms with van der Waals surface area (Å²) in [5, 5.41) is 2.87. The van der Waals surface area contributed by atoms with E-state index in [9.17, 15) is 17.6 Å². The van der Waals surface area contributed by atoms with Crippen LogP contribution < -0.4 is 10.1 Å². The van der Waals surface area contributed by atoms with E-state index in [1.54, 1.807) is 6.07 Å². The van der Waals surface area contributed by atoms with Gasteiger partial charge in [0.05, 0.1) is 29.3 Å². The summed E-state index contributed by atoms with van der Waals surface area (Å²) in [7, 11) is -2.03. The number of hydrogen-bond donors (Lipinski definition) is 1. The molecule has 0 bridgehead atoms. The van der Waals surface area contributed by atoms with E-state index in [0.717, 1.165) is 6.26 Å². The van der Waals surface area contributed by atoms with Crippen LogP contribution in [0.15, 0.2) is 41.3 Å². The van der Waals surface area contributed by atoms with Gasteiger partial charge in [-0.2, -0.15) is 0 Å². The van der Waals surface area contributed by atoms with Crippen LogP contribution in [0, 0.1) is 5.82 Å². The Hall–Kier alpha value is -2.16. The molecule has 0 aromatic heterocycles. The van der Waals surface area contributed by atoms with Crippen molar-refractivity contribution in [1.29, 1.82) is 0 Å². The molecule has 2 rings (SSSR count). The van der Waals surface area contributed by atoms with Gasteiger partial charge in [0, 0.05) is 12.8 Å². The molecule has 2 aromatic carbocycles. The number of rotatable bonds is 8. The third-order valence-electron chi connectivity index (χ3n) is 4.08. The number of likely N-dealkylation sites (N-methyl/N-ethyl adjacent to an activating group) is 1. The lowest BCUT2D eigenvalue weighted by Gasteiger charge is -2.20. The maximum atomic E-state index is 13.8. The molecular weight excluding hydrogens is 407 g/mol. The highest BCUT2D eigenvalue weighted by Gasteiger charge is 2.15. The maximum absolute atomic E-state index is 13.8. The fourth-order valence-corrected chi connectivity index (χ4v) is 3.38. The molecular formula is C19H22ClFN2O4S. The Morgan fingerprint density at radius 3 is 2.54 bits per heavy atom. The lowest BCUT2D eigenvalue weighted by molar-refractivity contribution is -0.117. The summed E-state index contributed by atoms with van der Waals surface area (Å²) in [5.41, 5.74) is 0.922. The fraction of sp³-hybridized carbons (Fsp3) is 0.316. The molecule has 0 unspecified atom stereocenters. The summed E-state index contributed by atoms with van der Waals surface area (Å²) in [6.45, 7) is 2.83. The molecule has 152 valence electrons. The molecule has 0 fully saturated rings. The second-order valence-electron chi connectivity index (χ2n) is 6.23. The Morgan fingerprint density at radius 1 is 1.25 bits per heavy atom. The van der Waals surface area contributed by atoms with E-state index >= 15 is 0 Å².